The quantitative estimate of drug-likeness (QED) is 0.923. The van der Waals surface area contributed by atoms with Crippen LogP contribution in [-0.4, -0.2) is 10.1 Å². The van der Waals surface area contributed by atoms with Crippen LogP contribution in [0.25, 0.3) is 0 Å². The lowest BCUT2D eigenvalue weighted by Crippen LogP contribution is -1.92. The average Bonchev–Trinajstić information content (AvgIpc) is 2.34. The molecule has 0 bridgehead atoms. The number of rotatable bonds is 3. The van der Waals surface area contributed by atoms with Crippen molar-refractivity contribution in [3.05, 3.63) is 53.7 Å². The highest BCUT2D eigenvalue weighted by molar-refractivity contribution is 7.99. The molecule has 0 radical (unpaired) electrons. The van der Waals surface area contributed by atoms with Gasteiger partial charge in [-0.3, -0.25) is 0 Å². The fourth-order valence-electron chi connectivity index (χ4n) is 1.40. The smallest absolute Gasteiger partial charge is 0.159 e. The summed E-state index contributed by atoms with van der Waals surface area (Å²) in [5.41, 5.74) is 0.732. The monoisotopic (exact) mass is 267 g/mol. The molecule has 0 aliphatic carbocycles. The number of benzene rings is 1. The van der Waals surface area contributed by atoms with Crippen LogP contribution >= 0.6 is 11.8 Å². The standard InChI is InChI=1S/C13H11F2NOS/c1-8(17)9-4-5-16-13(6-9)18-10-2-3-11(14)12(15)7-10/h2-8,17H,1H3/t8-/m0/s1. The largest absolute Gasteiger partial charge is 0.389 e. The Bertz CT molecular complexity index is 560. The van der Waals surface area contributed by atoms with Gasteiger partial charge in [0.2, 0.25) is 0 Å². The van der Waals surface area contributed by atoms with Crippen LogP contribution in [0.15, 0.2) is 46.5 Å². The summed E-state index contributed by atoms with van der Waals surface area (Å²) >= 11 is 1.21. The normalized spacial score (nSPS) is 12.4. The zero-order valence-electron chi connectivity index (χ0n) is 9.60. The van der Waals surface area contributed by atoms with E-state index in [9.17, 15) is 13.9 Å². The van der Waals surface area contributed by atoms with Crippen molar-refractivity contribution >= 4 is 11.8 Å². The Morgan fingerprint density at radius 2 is 1.94 bits per heavy atom. The summed E-state index contributed by atoms with van der Waals surface area (Å²) in [4.78, 5) is 4.66. The first-order valence-corrected chi connectivity index (χ1v) is 6.15. The van der Waals surface area contributed by atoms with Gasteiger partial charge in [-0.15, -0.1) is 0 Å². The van der Waals surface area contributed by atoms with Crippen molar-refractivity contribution < 1.29 is 13.9 Å². The van der Waals surface area contributed by atoms with Crippen LogP contribution in [0.3, 0.4) is 0 Å². The molecule has 94 valence electrons. The molecule has 0 amide bonds. The first-order chi connectivity index (χ1) is 8.56. The van der Waals surface area contributed by atoms with Crippen molar-refractivity contribution in [2.24, 2.45) is 0 Å². The number of aromatic nitrogens is 1. The second-order valence-electron chi connectivity index (χ2n) is 3.78. The maximum absolute atomic E-state index is 13.0. The molecule has 18 heavy (non-hydrogen) atoms. The molecule has 1 aromatic heterocycles. The van der Waals surface area contributed by atoms with Gasteiger partial charge in [-0.2, -0.15) is 0 Å². The van der Waals surface area contributed by atoms with E-state index < -0.39 is 17.7 Å². The van der Waals surface area contributed by atoms with Gasteiger partial charge >= 0.3 is 0 Å². The van der Waals surface area contributed by atoms with Crippen molar-refractivity contribution in [1.82, 2.24) is 4.98 Å². The van der Waals surface area contributed by atoms with Gasteiger partial charge in [0.15, 0.2) is 11.6 Å². The van der Waals surface area contributed by atoms with Crippen molar-refractivity contribution in [3.63, 3.8) is 0 Å². The summed E-state index contributed by atoms with van der Waals surface area (Å²) in [6.45, 7) is 1.65. The zero-order chi connectivity index (χ0) is 13.1. The highest BCUT2D eigenvalue weighted by Gasteiger charge is 2.07. The molecule has 5 heteroatoms. The van der Waals surface area contributed by atoms with Crippen LogP contribution < -0.4 is 0 Å². The van der Waals surface area contributed by atoms with E-state index in [1.807, 2.05) is 0 Å². The van der Waals surface area contributed by atoms with Crippen molar-refractivity contribution in [2.75, 3.05) is 0 Å². The number of nitrogens with zero attached hydrogens (tertiary/aromatic N) is 1. The van der Waals surface area contributed by atoms with E-state index in [0.717, 1.165) is 17.7 Å². The van der Waals surface area contributed by atoms with Crippen molar-refractivity contribution in [3.8, 4) is 0 Å². The van der Waals surface area contributed by atoms with E-state index in [4.69, 9.17) is 0 Å². The van der Waals surface area contributed by atoms with Gasteiger partial charge in [-0.25, -0.2) is 13.8 Å². The number of hydrogen-bond acceptors (Lipinski definition) is 3. The van der Waals surface area contributed by atoms with E-state index in [1.54, 1.807) is 25.3 Å². The molecule has 0 aliphatic rings. The molecule has 0 saturated carbocycles. The summed E-state index contributed by atoms with van der Waals surface area (Å²) < 4.78 is 25.8. The third-order valence-electron chi connectivity index (χ3n) is 2.35. The van der Waals surface area contributed by atoms with Crippen LogP contribution in [0, 0.1) is 11.6 Å². The third kappa shape index (κ3) is 3.05. The van der Waals surface area contributed by atoms with Gasteiger partial charge < -0.3 is 5.11 Å². The number of hydrogen-bond donors (Lipinski definition) is 1. The van der Waals surface area contributed by atoms with Gasteiger partial charge in [0.25, 0.3) is 0 Å². The maximum Gasteiger partial charge on any atom is 0.159 e. The van der Waals surface area contributed by atoms with Gasteiger partial charge in [0, 0.05) is 11.1 Å². The van der Waals surface area contributed by atoms with Crippen LogP contribution in [0.5, 0.6) is 0 Å². The van der Waals surface area contributed by atoms with Crippen LogP contribution in [0.4, 0.5) is 8.78 Å². The van der Waals surface area contributed by atoms with Gasteiger partial charge in [-0.05, 0) is 42.8 Å². The highest BCUT2D eigenvalue weighted by Crippen LogP contribution is 2.28. The number of pyridine rings is 1. The molecular weight excluding hydrogens is 256 g/mol. The molecule has 1 aromatic carbocycles. The Balaban J connectivity index is 2.23. The van der Waals surface area contributed by atoms with Crippen LogP contribution in [0.2, 0.25) is 0 Å². The maximum atomic E-state index is 13.0. The molecule has 1 atom stereocenters. The Morgan fingerprint density at radius 3 is 2.61 bits per heavy atom. The summed E-state index contributed by atoms with van der Waals surface area (Å²) in [5, 5.41) is 10.1. The minimum absolute atomic E-state index is 0.559. The Kier molecular flexibility index (Phi) is 3.93. The number of aliphatic hydroxyl groups excluding tert-OH is 1. The first kappa shape index (κ1) is 13.0. The van der Waals surface area contributed by atoms with E-state index in [-0.39, 0.29) is 0 Å². The molecule has 0 aliphatic heterocycles. The molecule has 2 rings (SSSR count). The van der Waals surface area contributed by atoms with E-state index in [0.29, 0.717) is 9.92 Å². The SMILES string of the molecule is C[C@H](O)c1ccnc(Sc2ccc(F)c(F)c2)c1. The summed E-state index contributed by atoms with van der Waals surface area (Å²) in [6.07, 6.45) is 0.988. The fraction of sp³-hybridized carbons (Fsp3) is 0.154. The molecular formula is C13H11F2NOS. The second kappa shape index (κ2) is 5.46. The molecule has 2 nitrogen and oxygen atoms in total. The van der Waals surface area contributed by atoms with Crippen molar-refractivity contribution in [1.29, 1.82) is 0 Å². The molecule has 0 unspecified atom stereocenters. The zero-order valence-corrected chi connectivity index (χ0v) is 10.4. The van der Waals surface area contributed by atoms with Crippen LogP contribution in [-0.2, 0) is 0 Å². The Labute approximate surface area is 108 Å². The lowest BCUT2D eigenvalue weighted by molar-refractivity contribution is 0.199. The summed E-state index contributed by atoms with van der Waals surface area (Å²) in [5.74, 6) is -1.75. The average molecular weight is 267 g/mol. The summed E-state index contributed by atoms with van der Waals surface area (Å²) in [6, 6.07) is 7.11. The second-order valence-corrected chi connectivity index (χ2v) is 4.88. The number of aliphatic hydroxyl groups is 1. The Hall–Kier alpha value is -1.46. The highest BCUT2D eigenvalue weighted by atomic mass is 32.2. The molecule has 0 fully saturated rings. The Morgan fingerprint density at radius 1 is 1.17 bits per heavy atom. The lowest BCUT2D eigenvalue weighted by atomic mass is 10.2. The topological polar surface area (TPSA) is 33.1 Å². The molecule has 0 spiro atoms. The van der Waals surface area contributed by atoms with E-state index in [2.05, 4.69) is 4.98 Å². The lowest BCUT2D eigenvalue weighted by Gasteiger charge is -2.06. The van der Waals surface area contributed by atoms with Crippen molar-refractivity contribution in [2.45, 2.75) is 22.9 Å². The predicted octanol–water partition coefficient (Wildman–Crippen LogP) is 3.56. The number of halogens is 2. The molecule has 1 heterocycles. The summed E-state index contributed by atoms with van der Waals surface area (Å²) in [7, 11) is 0. The minimum atomic E-state index is -0.883. The van der Waals surface area contributed by atoms with Crippen LogP contribution in [0.1, 0.15) is 18.6 Å². The fourth-order valence-corrected chi connectivity index (χ4v) is 2.25. The van der Waals surface area contributed by atoms with E-state index >= 15 is 0 Å². The van der Waals surface area contributed by atoms with E-state index in [1.165, 1.54) is 17.8 Å². The first-order valence-electron chi connectivity index (χ1n) is 5.33. The molecule has 2 aromatic rings. The minimum Gasteiger partial charge on any atom is -0.389 e. The third-order valence-corrected chi connectivity index (χ3v) is 3.28. The molecule has 0 saturated heterocycles. The van der Waals surface area contributed by atoms with Gasteiger partial charge in [-0.1, -0.05) is 11.8 Å². The molecule has 1 N–H and O–H groups in total. The van der Waals surface area contributed by atoms with Gasteiger partial charge in [0.1, 0.15) is 5.03 Å². The predicted molar refractivity (Wildman–Crippen MR) is 65.4 cm³/mol. The van der Waals surface area contributed by atoms with Gasteiger partial charge in [0.05, 0.1) is 6.10 Å².